The summed E-state index contributed by atoms with van der Waals surface area (Å²) < 4.78 is 3.49. The van der Waals surface area contributed by atoms with Gasteiger partial charge in [-0.05, 0) is 44.7 Å². The van der Waals surface area contributed by atoms with E-state index in [1.54, 1.807) is 16.8 Å². The van der Waals surface area contributed by atoms with Crippen molar-refractivity contribution in [1.82, 2.24) is 24.9 Å². The van der Waals surface area contributed by atoms with Gasteiger partial charge in [0.2, 0.25) is 0 Å². The van der Waals surface area contributed by atoms with Gasteiger partial charge in [-0.3, -0.25) is 9.48 Å². The Hall–Kier alpha value is -1.95. The first kappa shape index (κ1) is 15.0. The summed E-state index contributed by atoms with van der Waals surface area (Å²) in [6.07, 6.45) is 6.09. The zero-order chi connectivity index (χ0) is 15.5. The summed E-state index contributed by atoms with van der Waals surface area (Å²) in [4.78, 5) is 11.9. The normalized spacial score (nSPS) is 21.9. The van der Waals surface area contributed by atoms with Gasteiger partial charge in [-0.15, -0.1) is 0 Å². The second kappa shape index (κ2) is 6.44. The Bertz CT molecular complexity index is 682. The lowest BCUT2D eigenvalue weighted by Crippen LogP contribution is -2.36. The molecule has 0 spiro atoms. The van der Waals surface area contributed by atoms with Gasteiger partial charge in [0, 0.05) is 31.9 Å². The first-order chi connectivity index (χ1) is 10.6. The van der Waals surface area contributed by atoms with Gasteiger partial charge in [-0.25, -0.2) is 4.68 Å². The van der Waals surface area contributed by atoms with Crippen molar-refractivity contribution in [2.24, 2.45) is 7.05 Å². The molecule has 6 nitrogen and oxygen atoms in total. The molecule has 2 aromatic heterocycles. The minimum atomic E-state index is 0.00972. The van der Waals surface area contributed by atoms with Gasteiger partial charge in [0.15, 0.2) is 0 Å². The molecule has 2 aromatic rings. The SMILES string of the molecule is Cc1ccc(=O)n(C2CCC(NCc3ccn(C)n3)CC2)n1. The highest BCUT2D eigenvalue weighted by atomic mass is 16.1. The van der Waals surface area contributed by atoms with E-state index in [1.807, 2.05) is 30.9 Å². The number of aromatic nitrogens is 4. The second-order valence-electron chi connectivity index (χ2n) is 6.12. The summed E-state index contributed by atoms with van der Waals surface area (Å²) in [5.74, 6) is 0. The lowest BCUT2D eigenvalue weighted by Gasteiger charge is -2.29. The molecule has 0 bridgehead atoms. The first-order valence-electron chi connectivity index (χ1n) is 7.90. The highest BCUT2D eigenvalue weighted by molar-refractivity contribution is 5.00. The summed E-state index contributed by atoms with van der Waals surface area (Å²) in [5, 5.41) is 12.3. The van der Waals surface area contributed by atoms with Gasteiger partial charge in [0.05, 0.1) is 17.4 Å². The van der Waals surface area contributed by atoms with Crippen LogP contribution in [0.5, 0.6) is 0 Å². The molecule has 0 saturated heterocycles. The van der Waals surface area contributed by atoms with Crippen LogP contribution in [-0.2, 0) is 13.6 Å². The Labute approximate surface area is 130 Å². The number of aryl methyl sites for hydroxylation is 2. The van der Waals surface area contributed by atoms with E-state index in [4.69, 9.17) is 0 Å². The summed E-state index contributed by atoms with van der Waals surface area (Å²) >= 11 is 0. The summed E-state index contributed by atoms with van der Waals surface area (Å²) in [6.45, 7) is 2.73. The zero-order valence-corrected chi connectivity index (χ0v) is 13.2. The highest BCUT2D eigenvalue weighted by Crippen LogP contribution is 2.27. The average Bonchev–Trinajstić information content (AvgIpc) is 2.94. The van der Waals surface area contributed by atoms with Crippen LogP contribution in [0.1, 0.15) is 43.1 Å². The maximum atomic E-state index is 11.9. The average molecular weight is 301 g/mol. The molecule has 0 atom stereocenters. The molecule has 1 saturated carbocycles. The summed E-state index contributed by atoms with van der Waals surface area (Å²) in [7, 11) is 1.93. The Morgan fingerprint density at radius 2 is 1.95 bits per heavy atom. The van der Waals surface area contributed by atoms with E-state index in [-0.39, 0.29) is 11.6 Å². The Kier molecular flexibility index (Phi) is 4.38. The molecule has 0 aliphatic heterocycles. The maximum Gasteiger partial charge on any atom is 0.267 e. The number of nitrogens with one attached hydrogen (secondary N) is 1. The predicted molar refractivity (Wildman–Crippen MR) is 84.6 cm³/mol. The summed E-state index contributed by atoms with van der Waals surface area (Å²) in [5.41, 5.74) is 1.98. The molecule has 0 unspecified atom stereocenters. The van der Waals surface area contributed by atoms with Crippen LogP contribution in [0.4, 0.5) is 0 Å². The van der Waals surface area contributed by atoms with E-state index in [1.165, 1.54) is 0 Å². The van der Waals surface area contributed by atoms with Crippen LogP contribution < -0.4 is 10.9 Å². The molecule has 22 heavy (non-hydrogen) atoms. The number of nitrogens with zero attached hydrogens (tertiary/aromatic N) is 4. The fourth-order valence-electron chi connectivity index (χ4n) is 3.11. The molecule has 1 N–H and O–H groups in total. The molecule has 1 fully saturated rings. The van der Waals surface area contributed by atoms with E-state index < -0.39 is 0 Å². The van der Waals surface area contributed by atoms with Crippen molar-refractivity contribution in [3.05, 3.63) is 46.1 Å². The van der Waals surface area contributed by atoms with Crippen LogP contribution >= 0.6 is 0 Å². The van der Waals surface area contributed by atoms with Gasteiger partial charge < -0.3 is 5.32 Å². The number of hydrogen-bond donors (Lipinski definition) is 1. The number of hydrogen-bond acceptors (Lipinski definition) is 4. The van der Waals surface area contributed by atoms with Crippen molar-refractivity contribution in [2.75, 3.05) is 0 Å². The van der Waals surface area contributed by atoms with Crippen molar-refractivity contribution in [1.29, 1.82) is 0 Å². The highest BCUT2D eigenvalue weighted by Gasteiger charge is 2.23. The molecule has 118 valence electrons. The van der Waals surface area contributed by atoms with E-state index in [0.29, 0.717) is 6.04 Å². The van der Waals surface area contributed by atoms with Gasteiger partial charge in [-0.1, -0.05) is 0 Å². The Balaban J connectivity index is 1.54. The third-order valence-corrected chi connectivity index (χ3v) is 4.34. The largest absolute Gasteiger partial charge is 0.308 e. The lowest BCUT2D eigenvalue weighted by molar-refractivity contribution is 0.267. The monoisotopic (exact) mass is 301 g/mol. The molecule has 6 heteroatoms. The van der Waals surface area contributed by atoms with Crippen molar-refractivity contribution >= 4 is 0 Å². The standard InChI is InChI=1S/C16H23N5O/c1-12-3-8-16(22)21(18-12)15-6-4-13(5-7-15)17-11-14-9-10-20(2)19-14/h3,8-10,13,15,17H,4-7,11H2,1-2H3. The summed E-state index contributed by atoms with van der Waals surface area (Å²) in [6, 6.07) is 6.17. The Morgan fingerprint density at radius 3 is 2.64 bits per heavy atom. The van der Waals surface area contributed by atoms with E-state index in [9.17, 15) is 4.79 Å². The molecule has 1 aliphatic rings. The maximum absolute atomic E-state index is 11.9. The van der Waals surface area contributed by atoms with Crippen LogP contribution in [0.3, 0.4) is 0 Å². The third-order valence-electron chi connectivity index (χ3n) is 4.34. The topological polar surface area (TPSA) is 64.7 Å². The fraction of sp³-hybridized carbons (Fsp3) is 0.562. The van der Waals surface area contributed by atoms with Crippen LogP contribution in [0.15, 0.2) is 29.2 Å². The van der Waals surface area contributed by atoms with Crippen molar-refractivity contribution in [3.8, 4) is 0 Å². The molecular formula is C16H23N5O. The minimum absolute atomic E-state index is 0.00972. The van der Waals surface area contributed by atoms with Gasteiger partial charge in [0.25, 0.3) is 5.56 Å². The minimum Gasteiger partial charge on any atom is -0.308 e. The molecule has 0 amide bonds. The fourth-order valence-corrected chi connectivity index (χ4v) is 3.11. The molecule has 2 heterocycles. The van der Waals surface area contributed by atoms with E-state index in [2.05, 4.69) is 15.5 Å². The molecule has 1 aliphatic carbocycles. The lowest BCUT2D eigenvalue weighted by atomic mass is 9.91. The smallest absolute Gasteiger partial charge is 0.267 e. The van der Waals surface area contributed by atoms with Gasteiger partial charge >= 0.3 is 0 Å². The van der Waals surface area contributed by atoms with Crippen molar-refractivity contribution in [2.45, 2.75) is 51.2 Å². The van der Waals surface area contributed by atoms with E-state index >= 15 is 0 Å². The van der Waals surface area contributed by atoms with Crippen LogP contribution in [-0.4, -0.2) is 25.6 Å². The molecule has 0 aromatic carbocycles. The number of rotatable bonds is 4. The van der Waals surface area contributed by atoms with Crippen LogP contribution in [0.2, 0.25) is 0 Å². The molecular weight excluding hydrogens is 278 g/mol. The van der Waals surface area contributed by atoms with Crippen molar-refractivity contribution in [3.63, 3.8) is 0 Å². The Morgan fingerprint density at radius 1 is 1.18 bits per heavy atom. The van der Waals surface area contributed by atoms with Crippen molar-refractivity contribution < 1.29 is 0 Å². The molecule has 3 rings (SSSR count). The third kappa shape index (κ3) is 3.44. The zero-order valence-electron chi connectivity index (χ0n) is 13.2. The second-order valence-corrected chi connectivity index (χ2v) is 6.12. The quantitative estimate of drug-likeness (QED) is 0.931. The molecule has 0 radical (unpaired) electrons. The van der Waals surface area contributed by atoms with Gasteiger partial charge in [-0.2, -0.15) is 10.2 Å². The first-order valence-corrected chi connectivity index (χ1v) is 7.90. The van der Waals surface area contributed by atoms with E-state index in [0.717, 1.165) is 43.6 Å². The van der Waals surface area contributed by atoms with Crippen LogP contribution in [0.25, 0.3) is 0 Å². The predicted octanol–water partition coefficient (Wildman–Crippen LogP) is 1.56. The van der Waals surface area contributed by atoms with Crippen LogP contribution in [0, 0.1) is 6.92 Å². The van der Waals surface area contributed by atoms with Gasteiger partial charge in [0.1, 0.15) is 0 Å².